The second kappa shape index (κ2) is 8.81. The summed E-state index contributed by atoms with van der Waals surface area (Å²) >= 11 is 6.85. The zero-order valence-electron chi connectivity index (χ0n) is 15.8. The smallest absolute Gasteiger partial charge is 0.295 e. The number of carbonyl (C=O) groups excluding carboxylic acids is 1. The molecule has 0 saturated heterocycles. The Labute approximate surface area is 190 Å². The zero-order valence-corrected chi connectivity index (χ0v) is 19.0. The van der Waals surface area contributed by atoms with Crippen molar-refractivity contribution in [3.8, 4) is 22.8 Å². The molecule has 0 aliphatic rings. The molecule has 3 aromatic carbocycles. The van der Waals surface area contributed by atoms with Crippen LogP contribution in [0.25, 0.3) is 17.1 Å². The van der Waals surface area contributed by atoms with Crippen LogP contribution in [0.2, 0.25) is 0 Å². The summed E-state index contributed by atoms with van der Waals surface area (Å²) in [5.41, 5.74) is 2.26. The number of anilines is 1. The second-order valence-electron chi connectivity index (χ2n) is 6.34. The Bertz CT molecular complexity index is 1190. The number of aromatic nitrogens is 3. The van der Waals surface area contributed by atoms with E-state index in [0.29, 0.717) is 11.5 Å². The number of benzene rings is 3. The van der Waals surface area contributed by atoms with Gasteiger partial charge in [0, 0.05) is 20.2 Å². The first kappa shape index (κ1) is 20.3. The minimum absolute atomic E-state index is 0.0729. The first-order valence-corrected chi connectivity index (χ1v) is 10.6. The molecule has 1 heterocycles. The van der Waals surface area contributed by atoms with Crippen molar-refractivity contribution in [3.05, 3.63) is 87.6 Å². The lowest BCUT2D eigenvalue weighted by Crippen LogP contribution is -2.14. The molecule has 0 unspecified atom stereocenters. The molecule has 30 heavy (non-hydrogen) atoms. The Morgan fingerprint density at radius 1 is 0.967 bits per heavy atom. The van der Waals surface area contributed by atoms with E-state index in [4.69, 9.17) is 4.74 Å². The molecule has 6 nitrogen and oxygen atoms in total. The van der Waals surface area contributed by atoms with Gasteiger partial charge in [-0.25, -0.2) is 9.67 Å². The van der Waals surface area contributed by atoms with Crippen LogP contribution in [0, 0.1) is 0 Å². The first-order valence-electron chi connectivity index (χ1n) is 8.98. The van der Waals surface area contributed by atoms with Gasteiger partial charge in [0.25, 0.3) is 5.91 Å². The van der Waals surface area contributed by atoms with E-state index in [2.05, 4.69) is 47.3 Å². The van der Waals surface area contributed by atoms with Crippen molar-refractivity contribution in [1.82, 2.24) is 14.8 Å². The Hall–Kier alpha value is -2.97. The van der Waals surface area contributed by atoms with Crippen LogP contribution in [0.4, 0.5) is 5.69 Å². The third-order valence-electron chi connectivity index (χ3n) is 4.31. The van der Waals surface area contributed by atoms with Crippen LogP contribution in [0.15, 0.2) is 81.7 Å². The van der Waals surface area contributed by atoms with Crippen molar-refractivity contribution in [1.29, 1.82) is 0 Å². The van der Waals surface area contributed by atoms with Crippen LogP contribution in [0.1, 0.15) is 10.6 Å². The molecule has 4 aromatic rings. The van der Waals surface area contributed by atoms with Gasteiger partial charge in [-0.15, -0.1) is 5.10 Å². The number of ether oxygens (including phenoxy) is 1. The number of nitrogens with zero attached hydrogens (tertiary/aromatic N) is 3. The van der Waals surface area contributed by atoms with Gasteiger partial charge in [-0.1, -0.05) is 50.1 Å². The Kier molecular flexibility index (Phi) is 5.96. The molecular formula is C22H16Br2N4O2. The van der Waals surface area contributed by atoms with Gasteiger partial charge in [0.1, 0.15) is 5.75 Å². The molecule has 1 aromatic heterocycles. The van der Waals surface area contributed by atoms with Crippen LogP contribution in [-0.2, 0) is 0 Å². The largest absolute Gasteiger partial charge is 0.497 e. The van der Waals surface area contributed by atoms with Gasteiger partial charge in [-0.3, -0.25) is 4.79 Å². The first-order chi connectivity index (χ1) is 14.5. The summed E-state index contributed by atoms with van der Waals surface area (Å²) in [6.07, 6.45) is 0. The standard InChI is InChI=1S/C22H16Br2N4O2/c1-30-19-11-9-18(10-12-19)28-21(14-5-7-15(23)8-6-14)26-20(27-28)22(29)25-17-4-2-3-16(24)13-17/h2-13H,1H3,(H,25,29). The quantitative estimate of drug-likeness (QED) is 0.360. The fraction of sp³-hybridized carbons (Fsp3) is 0.0455. The van der Waals surface area contributed by atoms with Gasteiger partial charge in [-0.2, -0.15) is 0 Å². The molecule has 0 fully saturated rings. The number of carbonyl (C=O) groups is 1. The number of methoxy groups -OCH3 is 1. The van der Waals surface area contributed by atoms with Crippen LogP contribution >= 0.6 is 31.9 Å². The molecule has 0 radical (unpaired) electrons. The van der Waals surface area contributed by atoms with E-state index >= 15 is 0 Å². The van der Waals surface area contributed by atoms with Crippen molar-refractivity contribution >= 4 is 43.5 Å². The van der Waals surface area contributed by atoms with E-state index in [1.54, 1.807) is 17.9 Å². The van der Waals surface area contributed by atoms with Crippen molar-refractivity contribution in [2.45, 2.75) is 0 Å². The summed E-state index contributed by atoms with van der Waals surface area (Å²) in [7, 11) is 1.61. The fourth-order valence-corrected chi connectivity index (χ4v) is 3.51. The topological polar surface area (TPSA) is 69.0 Å². The van der Waals surface area contributed by atoms with E-state index < -0.39 is 5.91 Å². The van der Waals surface area contributed by atoms with E-state index in [1.165, 1.54) is 0 Å². The summed E-state index contributed by atoms with van der Waals surface area (Å²) in [6, 6.07) is 22.4. The predicted octanol–water partition coefficient (Wildman–Crippen LogP) is 5.72. The maximum atomic E-state index is 12.8. The van der Waals surface area contributed by atoms with Crippen molar-refractivity contribution < 1.29 is 9.53 Å². The van der Waals surface area contributed by atoms with Crippen molar-refractivity contribution in [2.24, 2.45) is 0 Å². The average molecular weight is 528 g/mol. The lowest BCUT2D eigenvalue weighted by atomic mass is 10.2. The van der Waals surface area contributed by atoms with Crippen molar-refractivity contribution in [2.75, 3.05) is 12.4 Å². The van der Waals surface area contributed by atoms with Gasteiger partial charge in [0.15, 0.2) is 5.82 Å². The molecule has 0 atom stereocenters. The lowest BCUT2D eigenvalue weighted by Gasteiger charge is -2.07. The second-order valence-corrected chi connectivity index (χ2v) is 8.17. The maximum absolute atomic E-state index is 12.8. The van der Waals surface area contributed by atoms with E-state index in [-0.39, 0.29) is 5.82 Å². The monoisotopic (exact) mass is 526 g/mol. The number of nitrogens with one attached hydrogen (secondary N) is 1. The molecule has 4 rings (SSSR count). The highest BCUT2D eigenvalue weighted by molar-refractivity contribution is 9.10. The fourth-order valence-electron chi connectivity index (χ4n) is 2.85. The third-order valence-corrected chi connectivity index (χ3v) is 5.33. The van der Waals surface area contributed by atoms with Gasteiger partial charge in [-0.05, 0) is 54.6 Å². The van der Waals surface area contributed by atoms with Gasteiger partial charge < -0.3 is 10.1 Å². The molecule has 1 N–H and O–H groups in total. The zero-order chi connectivity index (χ0) is 21.1. The Morgan fingerprint density at radius 3 is 2.37 bits per heavy atom. The summed E-state index contributed by atoms with van der Waals surface area (Å²) in [6.45, 7) is 0. The summed E-state index contributed by atoms with van der Waals surface area (Å²) < 4.78 is 8.71. The molecule has 1 amide bonds. The lowest BCUT2D eigenvalue weighted by molar-refractivity contribution is 0.101. The van der Waals surface area contributed by atoms with Crippen LogP contribution in [-0.4, -0.2) is 27.8 Å². The molecule has 0 aliphatic carbocycles. The summed E-state index contributed by atoms with van der Waals surface area (Å²) in [5, 5.41) is 7.32. The molecular weight excluding hydrogens is 512 g/mol. The van der Waals surface area contributed by atoms with Crippen LogP contribution in [0.5, 0.6) is 5.75 Å². The SMILES string of the molecule is COc1ccc(-n2nc(C(=O)Nc3cccc(Br)c3)nc2-c2ccc(Br)cc2)cc1. The van der Waals surface area contributed by atoms with Crippen LogP contribution < -0.4 is 10.1 Å². The van der Waals surface area contributed by atoms with Gasteiger partial charge in [0.2, 0.25) is 5.82 Å². The Balaban J connectivity index is 1.74. The number of halogens is 2. The highest BCUT2D eigenvalue weighted by Gasteiger charge is 2.19. The normalized spacial score (nSPS) is 10.6. The highest BCUT2D eigenvalue weighted by atomic mass is 79.9. The van der Waals surface area contributed by atoms with Crippen LogP contribution in [0.3, 0.4) is 0 Å². The highest BCUT2D eigenvalue weighted by Crippen LogP contribution is 2.25. The van der Waals surface area contributed by atoms with E-state index in [9.17, 15) is 4.79 Å². The number of hydrogen-bond donors (Lipinski definition) is 1. The van der Waals surface area contributed by atoms with E-state index in [0.717, 1.165) is 25.9 Å². The van der Waals surface area contributed by atoms with E-state index in [1.807, 2.05) is 66.7 Å². The molecule has 150 valence electrons. The molecule has 8 heteroatoms. The minimum Gasteiger partial charge on any atom is -0.497 e. The number of rotatable bonds is 5. The Morgan fingerprint density at radius 2 is 1.70 bits per heavy atom. The third kappa shape index (κ3) is 4.44. The minimum atomic E-state index is -0.390. The molecule has 0 spiro atoms. The van der Waals surface area contributed by atoms with Gasteiger partial charge in [0.05, 0.1) is 12.8 Å². The summed E-state index contributed by atoms with van der Waals surface area (Å²) in [5.74, 6) is 0.978. The molecule has 0 saturated carbocycles. The average Bonchev–Trinajstić information content (AvgIpc) is 3.20. The summed E-state index contributed by atoms with van der Waals surface area (Å²) in [4.78, 5) is 17.3. The molecule has 0 aliphatic heterocycles. The predicted molar refractivity (Wildman–Crippen MR) is 123 cm³/mol. The van der Waals surface area contributed by atoms with Gasteiger partial charge >= 0.3 is 0 Å². The number of hydrogen-bond acceptors (Lipinski definition) is 4. The molecule has 0 bridgehead atoms. The van der Waals surface area contributed by atoms with Crippen molar-refractivity contribution in [3.63, 3.8) is 0 Å². The number of amides is 1. The maximum Gasteiger partial charge on any atom is 0.295 e.